The molecule has 0 fully saturated rings. The second kappa shape index (κ2) is 5.51. The van der Waals surface area contributed by atoms with E-state index in [9.17, 15) is 9.18 Å². The van der Waals surface area contributed by atoms with Gasteiger partial charge < -0.3 is 10.2 Å². The lowest BCUT2D eigenvalue weighted by Crippen LogP contribution is -1.99. The van der Waals surface area contributed by atoms with Gasteiger partial charge in [0.05, 0.1) is 23.8 Å². The third-order valence-electron chi connectivity index (χ3n) is 2.84. The van der Waals surface area contributed by atoms with E-state index in [1.807, 2.05) is 6.07 Å². The minimum atomic E-state index is -1.14. The van der Waals surface area contributed by atoms with Gasteiger partial charge in [-0.05, 0) is 47.0 Å². The van der Waals surface area contributed by atoms with E-state index in [0.717, 1.165) is 6.07 Å². The third-order valence-corrected chi connectivity index (χ3v) is 2.84. The highest BCUT2D eigenvalue weighted by Crippen LogP contribution is 2.26. The summed E-state index contributed by atoms with van der Waals surface area (Å²) in [4.78, 5) is 11.1. The molecule has 0 radical (unpaired) electrons. The van der Waals surface area contributed by atoms with Gasteiger partial charge in [-0.1, -0.05) is 6.07 Å². The van der Waals surface area contributed by atoms with Gasteiger partial charge in [0.2, 0.25) is 0 Å². The fraction of sp³-hybridized carbons (Fsp3) is 0.0667. The topological polar surface area (TPSA) is 81.3 Å². The van der Waals surface area contributed by atoms with Crippen LogP contribution in [0.1, 0.15) is 21.5 Å². The summed E-state index contributed by atoms with van der Waals surface area (Å²) >= 11 is 0. The largest absolute Gasteiger partial charge is 0.478 e. The molecule has 0 spiro atoms. The molecule has 5 heteroatoms. The number of carbonyl (C=O) groups is 1. The summed E-state index contributed by atoms with van der Waals surface area (Å²) in [5.41, 5.74) is 1.39. The van der Waals surface area contributed by atoms with Crippen LogP contribution in [0.25, 0.3) is 11.1 Å². The van der Waals surface area contributed by atoms with Crippen LogP contribution in [0.5, 0.6) is 0 Å². The number of hydrogen-bond acceptors (Lipinski definition) is 3. The molecule has 20 heavy (non-hydrogen) atoms. The number of aliphatic hydroxyl groups is 1. The van der Waals surface area contributed by atoms with Crippen molar-refractivity contribution in [3.8, 4) is 17.2 Å². The van der Waals surface area contributed by atoms with E-state index in [2.05, 4.69) is 0 Å². The van der Waals surface area contributed by atoms with Crippen molar-refractivity contribution in [2.45, 2.75) is 6.61 Å². The average molecular weight is 271 g/mol. The zero-order valence-corrected chi connectivity index (χ0v) is 10.3. The lowest BCUT2D eigenvalue weighted by Gasteiger charge is -2.08. The first kappa shape index (κ1) is 13.7. The van der Waals surface area contributed by atoms with E-state index in [0.29, 0.717) is 16.7 Å². The fourth-order valence-corrected chi connectivity index (χ4v) is 1.92. The summed E-state index contributed by atoms with van der Waals surface area (Å²) in [5.74, 6) is -1.68. The van der Waals surface area contributed by atoms with Crippen molar-refractivity contribution >= 4 is 5.97 Å². The van der Waals surface area contributed by atoms with E-state index < -0.39 is 11.8 Å². The number of aromatic carboxylic acids is 1. The SMILES string of the molecule is N#Cc1cc(F)ccc1-c1cc(CO)cc(C(=O)O)c1. The van der Waals surface area contributed by atoms with Gasteiger partial charge in [-0.3, -0.25) is 0 Å². The summed E-state index contributed by atoms with van der Waals surface area (Å²) in [6.45, 7) is -0.322. The van der Waals surface area contributed by atoms with Crippen LogP contribution < -0.4 is 0 Å². The van der Waals surface area contributed by atoms with Gasteiger partial charge in [-0.25, -0.2) is 9.18 Å². The Morgan fingerprint density at radius 2 is 2.00 bits per heavy atom. The fourth-order valence-electron chi connectivity index (χ4n) is 1.92. The van der Waals surface area contributed by atoms with Crippen molar-refractivity contribution < 1.29 is 19.4 Å². The van der Waals surface area contributed by atoms with Crippen molar-refractivity contribution in [3.05, 3.63) is 58.9 Å². The predicted molar refractivity (Wildman–Crippen MR) is 69.4 cm³/mol. The van der Waals surface area contributed by atoms with Gasteiger partial charge in [0.1, 0.15) is 5.82 Å². The maximum absolute atomic E-state index is 13.1. The average Bonchev–Trinajstić information content (AvgIpc) is 2.46. The van der Waals surface area contributed by atoms with Gasteiger partial charge >= 0.3 is 5.97 Å². The monoisotopic (exact) mass is 271 g/mol. The molecule has 0 atom stereocenters. The van der Waals surface area contributed by atoms with Crippen LogP contribution in [-0.2, 0) is 6.61 Å². The van der Waals surface area contributed by atoms with Gasteiger partial charge in [0.25, 0.3) is 0 Å². The molecule has 100 valence electrons. The smallest absolute Gasteiger partial charge is 0.335 e. The second-order valence-electron chi connectivity index (χ2n) is 4.18. The number of carboxylic acid groups (broad SMARTS) is 1. The number of rotatable bonds is 3. The number of hydrogen-bond donors (Lipinski definition) is 2. The standard InChI is InChI=1S/C15H10FNO3/c16-13-1-2-14(12(6-13)7-17)10-3-9(8-18)4-11(5-10)15(19)20/h1-6,18H,8H2,(H,19,20). The van der Waals surface area contributed by atoms with Gasteiger partial charge in [-0.2, -0.15) is 5.26 Å². The molecule has 0 aliphatic carbocycles. The van der Waals surface area contributed by atoms with Crippen LogP contribution in [0, 0.1) is 17.1 Å². The predicted octanol–water partition coefficient (Wildman–Crippen LogP) is 2.55. The number of aliphatic hydroxyl groups excluding tert-OH is 1. The number of halogens is 1. The lowest BCUT2D eigenvalue weighted by molar-refractivity contribution is 0.0696. The summed E-state index contributed by atoms with van der Waals surface area (Å²) in [6.07, 6.45) is 0. The van der Waals surface area contributed by atoms with Gasteiger partial charge in [0.15, 0.2) is 0 Å². The van der Waals surface area contributed by atoms with Crippen LogP contribution >= 0.6 is 0 Å². The van der Waals surface area contributed by atoms with Crippen LogP contribution in [0.3, 0.4) is 0 Å². The Morgan fingerprint density at radius 1 is 1.25 bits per heavy atom. The number of carboxylic acids is 1. The first-order chi connectivity index (χ1) is 9.55. The second-order valence-corrected chi connectivity index (χ2v) is 4.18. The quantitative estimate of drug-likeness (QED) is 0.898. The zero-order chi connectivity index (χ0) is 14.7. The summed E-state index contributed by atoms with van der Waals surface area (Å²) in [7, 11) is 0. The molecule has 0 heterocycles. The maximum Gasteiger partial charge on any atom is 0.335 e. The lowest BCUT2D eigenvalue weighted by atomic mass is 9.96. The first-order valence-corrected chi connectivity index (χ1v) is 5.73. The Labute approximate surface area is 114 Å². The molecule has 0 aromatic heterocycles. The maximum atomic E-state index is 13.1. The summed E-state index contributed by atoms with van der Waals surface area (Å²) in [6, 6.07) is 9.87. The summed E-state index contributed by atoms with van der Waals surface area (Å²) in [5, 5.41) is 27.2. The normalized spacial score (nSPS) is 10.1. The molecular weight excluding hydrogens is 261 g/mol. The molecule has 2 rings (SSSR count). The molecular formula is C15H10FNO3. The Balaban J connectivity index is 2.66. The number of nitriles is 1. The number of benzene rings is 2. The van der Waals surface area contributed by atoms with Crippen molar-refractivity contribution in [3.63, 3.8) is 0 Å². The number of nitrogens with zero attached hydrogens (tertiary/aromatic N) is 1. The minimum Gasteiger partial charge on any atom is -0.478 e. The van der Waals surface area contributed by atoms with Crippen LogP contribution in [0.2, 0.25) is 0 Å². The highest BCUT2D eigenvalue weighted by Gasteiger charge is 2.11. The summed E-state index contributed by atoms with van der Waals surface area (Å²) < 4.78 is 13.1. The van der Waals surface area contributed by atoms with Crippen molar-refractivity contribution in [2.75, 3.05) is 0 Å². The van der Waals surface area contributed by atoms with Crippen LogP contribution in [0.4, 0.5) is 4.39 Å². The van der Waals surface area contributed by atoms with E-state index in [4.69, 9.17) is 15.5 Å². The van der Waals surface area contributed by atoms with Crippen molar-refractivity contribution in [1.29, 1.82) is 5.26 Å². The highest BCUT2D eigenvalue weighted by molar-refractivity contribution is 5.90. The van der Waals surface area contributed by atoms with E-state index in [-0.39, 0.29) is 17.7 Å². The van der Waals surface area contributed by atoms with Crippen LogP contribution in [0.15, 0.2) is 36.4 Å². The molecule has 0 saturated carbocycles. The minimum absolute atomic E-state index is 0.000218. The van der Waals surface area contributed by atoms with Gasteiger partial charge in [0, 0.05) is 0 Å². The van der Waals surface area contributed by atoms with Gasteiger partial charge in [-0.15, -0.1) is 0 Å². The van der Waals surface area contributed by atoms with Crippen molar-refractivity contribution in [1.82, 2.24) is 0 Å². The van der Waals surface area contributed by atoms with Crippen molar-refractivity contribution in [2.24, 2.45) is 0 Å². The Hall–Kier alpha value is -2.71. The Bertz CT molecular complexity index is 720. The Kier molecular flexibility index (Phi) is 3.78. The molecule has 0 aliphatic heterocycles. The molecule has 0 saturated heterocycles. The molecule has 0 aliphatic rings. The van der Waals surface area contributed by atoms with Crippen LogP contribution in [-0.4, -0.2) is 16.2 Å². The highest BCUT2D eigenvalue weighted by atomic mass is 19.1. The molecule has 0 unspecified atom stereocenters. The third kappa shape index (κ3) is 2.66. The molecule has 0 amide bonds. The first-order valence-electron chi connectivity index (χ1n) is 5.73. The zero-order valence-electron chi connectivity index (χ0n) is 10.3. The van der Waals surface area contributed by atoms with E-state index in [1.54, 1.807) is 6.07 Å². The molecule has 2 aromatic rings. The Morgan fingerprint density at radius 3 is 2.60 bits per heavy atom. The molecule has 0 bridgehead atoms. The molecule has 2 N–H and O–H groups in total. The molecule has 2 aromatic carbocycles. The van der Waals surface area contributed by atoms with E-state index in [1.165, 1.54) is 24.3 Å². The molecule has 4 nitrogen and oxygen atoms in total. The van der Waals surface area contributed by atoms with E-state index >= 15 is 0 Å².